The van der Waals surface area contributed by atoms with E-state index in [2.05, 4.69) is 32.7 Å². The van der Waals surface area contributed by atoms with E-state index >= 15 is 0 Å². The predicted molar refractivity (Wildman–Crippen MR) is 126 cm³/mol. The number of furan rings is 1. The number of rotatable bonds is 8. The number of aliphatic imine (C=N–C) groups is 1. The number of likely N-dealkylation sites (tertiary alicyclic amines) is 1. The van der Waals surface area contributed by atoms with Crippen LogP contribution in [0.15, 0.2) is 46.0 Å². The number of halogens is 1. The first-order chi connectivity index (χ1) is 13.7. The Morgan fingerprint density at radius 3 is 2.62 bits per heavy atom. The van der Waals surface area contributed by atoms with E-state index in [1.807, 2.05) is 18.2 Å². The van der Waals surface area contributed by atoms with Crippen LogP contribution in [-0.4, -0.2) is 57.8 Å². The minimum absolute atomic E-state index is 0. The van der Waals surface area contributed by atoms with Gasteiger partial charge in [0.15, 0.2) is 5.96 Å². The number of hydrogen-bond acceptors (Lipinski definition) is 5. The second kappa shape index (κ2) is 11.9. The maximum atomic E-state index is 5.37. The first-order valence-electron chi connectivity index (χ1n) is 9.64. The molecular weight excluding hydrogens is 483 g/mol. The summed E-state index contributed by atoms with van der Waals surface area (Å²) < 4.78 is 16.1. The summed E-state index contributed by atoms with van der Waals surface area (Å²) in [6.07, 6.45) is 3.62. The Labute approximate surface area is 189 Å². The third kappa shape index (κ3) is 7.11. The van der Waals surface area contributed by atoms with Gasteiger partial charge in [-0.15, -0.1) is 24.0 Å². The molecule has 7 nitrogen and oxygen atoms in total. The fourth-order valence-electron chi connectivity index (χ4n) is 3.46. The van der Waals surface area contributed by atoms with Gasteiger partial charge in [0, 0.05) is 51.8 Å². The fourth-order valence-corrected chi connectivity index (χ4v) is 3.46. The van der Waals surface area contributed by atoms with E-state index in [-0.39, 0.29) is 24.0 Å². The molecule has 8 heteroatoms. The van der Waals surface area contributed by atoms with Gasteiger partial charge in [0.05, 0.1) is 20.5 Å². The molecule has 3 rings (SSSR count). The van der Waals surface area contributed by atoms with Gasteiger partial charge < -0.3 is 24.5 Å². The van der Waals surface area contributed by atoms with E-state index in [0.29, 0.717) is 6.04 Å². The number of ether oxygens (including phenoxy) is 2. The lowest BCUT2D eigenvalue weighted by Gasteiger charge is -2.19. The number of hydrogen-bond donors (Lipinski definition) is 2. The van der Waals surface area contributed by atoms with Crippen LogP contribution in [0.5, 0.6) is 11.5 Å². The highest BCUT2D eigenvalue weighted by atomic mass is 127. The number of methoxy groups -OCH3 is 2. The maximum absolute atomic E-state index is 5.37. The van der Waals surface area contributed by atoms with Crippen molar-refractivity contribution in [1.82, 2.24) is 15.5 Å². The summed E-state index contributed by atoms with van der Waals surface area (Å²) in [5, 5.41) is 6.88. The van der Waals surface area contributed by atoms with Gasteiger partial charge in [-0.05, 0) is 36.2 Å². The van der Waals surface area contributed by atoms with Crippen LogP contribution < -0.4 is 20.1 Å². The third-order valence-corrected chi connectivity index (χ3v) is 4.90. The zero-order chi connectivity index (χ0) is 19.8. The van der Waals surface area contributed by atoms with Crippen LogP contribution in [0.25, 0.3) is 0 Å². The highest BCUT2D eigenvalue weighted by Crippen LogP contribution is 2.24. The zero-order valence-corrected chi connectivity index (χ0v) is 19.6. The molecule has 0 bridgehead atoms. The van der Waals surface area contributed by atoms with Crippen LogP contribution in [0.3, 0.4) is 0 Å². The van der Waals surface area contributed by atoms with Crippen molar-refractivity contribution in [2.75, 3.05) is 40.9 Å². The lowest BCUT2D eigenvalue weighted by Crippen LogP contribution is -2.45. The van der Waals surface area contributed by atoms with Gasteiger partial charge in [0.25, 0.3) is 0 Å². The van der Waals surface area contributed by atoms with E-state index in [1.54, 1.807) is 27.5 Å². The topological polar surface area (TPSA) is 71.3 Å². The number of guanidine groups is 1. The summed E-state index contributed by atoms with van der Waals surface area (Å²) in [6.45, 7) is 3.67. The molecule has 2 N–H and O–H groups in total. The van der Waals surface area contributed by atoms with Crippen molar-refractivity contribution in [2.24, 2.45) is 4.99 Å². The minimum atomic E-state index is 0. The molecule has 0 saturated carbocycles. The molecule has 1 unspecified atom stereocenters. The van der Waals surface area contributed by atoms with Gasteiger partial charge in [-0.25, -0.2) is 0 Å². The second-order valence-electron chi connectivity index (χ2n) is 6.91. The zero-order valence-electron chi connectivity index (χ0n) is 17.3. The summed E-state index contributed by atoms with van der Waals surface area (Å²) in [5.74, 6) is 3.46. The van der Waals surface area contributed by atoms with Crippen molar-refractivity contribution in [1.29, 1.82) is 0 Å². The van der Waals surface area contributed by atoms with E-state index < -0.39 is 0 Å². The van der Waals surface area contributed by atoms with Gasteiger partial charge in [0.2, 0.25) is 0 Å². The number of nitrogens with one attached hydrogen (secondary N) is 2. The van der Waals surface area contributed by atoms with Crippen molar-refractivity contribution < 1.29 is 13.9 Å². The second-order valence-corrected chi connectivity index (χ2v) is 6.91. The molecule has 2 aromatic rings. The third-order valence-electron chi connectivity index (χ3n) is 4.90. The van der Waals surface area contributed by atoms with Crippen LogP contribution in [0.2, 0.25) is 0 Å². The summed E-state index contributed by atoms with van der Waals surface area (Å²) in [5.41, 5.74) is 1.19. The predicted octanol–water partition coefficient (Wildman–Crippen LogP) is 2.90. The summed E-state index contributed by atoms with van der Waals surface area (Å²) >= 11 is 0. The van der Waals surface area contributed by atoms with Crippen LogP contribution in [0.4, 0.5) is 0 Å². The van der Waals surface area contributed by atoms with Crippen LogP contribution in [-0.2, 0) is 13.0 Å². The molecule has 1 aliphatic rings. The standard InChI is InChI=1S/C21H30N4O3.HI/c1-22-21(23-8-6-18-5-4-10-28-18)24-17-7-9-25(15-17)14-16-11-19(26-2)13-20(12-16)27-3;/h4-5,10-13,17H,6-9,14-15H2,1-3H3,(H2,22,23,24);1H. The maximum Gasteiger partial charge on any atom is 0.191 e. The molecule has 1 aromatic heterocycles. The molecule has 0 spiro atoms. The van der Waals surface area contributed by atoms with Gasteiger partial charge in [-0.2, -0.15) is 0 Å². The first-order valence-corrected chi connectivity index (χ1v) is 9.64. The quantitative estimate of drug-likeness (QED) is 0.321. The fraction of sp³-hybridized carbons (Fsp3) is 0.476. The van der Waals surface area contributed by atoms with Gasteiger partial charge in [-0.3, -0.25) is 9.89 Å². The molecule has 2 heterocycles. The first kappa shape index (κ1) is 23.3. The normalized spacial score (nSPS) is 16.9. The molecule has 1 saturated heterocycles. The van der Waals surface area contributed by atoms with Gasteiger partial charge in [0.1, 0.15) is 17.3 Å². The average Bonchev–Trinajstić information content (AvgIpc) is 3.39. The smallest absolute Gasteiger partial charge is 0.191 e. The SMILES string of the molecule is CN=C(NCCc1ccco1)NC1CCN(Cc2cc(OC)cc(OC)c2)C1.I. The van der Waals surface area contributed by atoms with Crippen molar-refractivity contribution in [3.05, 3.63) is 47.9 Å². The molecule has 0 aliphatic carbocycles. The summed E-state index contributed by atoms with van der Waals surface area (Å²) in [6, 6.07) is 10.3. The Morgan fingerprint density at radius 2 is 2.00 bits per heavy atom. The molecule has 160 valence electrons. The van der Waals surface area contributed by atoms with Crippen LogP contribution in [0.1, 0.15) is 17.7 Å². The Balaban J connectivity index is 0.00000300. The summed E-state index contributed by atoms with van der Waals surface area (Å²) in [4.78, 5) is 6.77. The molecule has 0 amide bonds. The molecule has 1 aliphatic heterocycles. The van der Waals surface area contributed by atoms with E-state index in [9.17, 15) is 0 Å². The van der Waals surface area contributed by atoms with E-state index in [0.717, 1.165) is 62.2 Å². The minimum Gasteiger partial charge on any atom is -0.497 e. The van der Waals surface area contributed by atoms with Crippen molar-refractivity contribution in [2.45, 2.75) is 25.4 Å². The molecular formula is C21H31IN4O3. The lowest BCUT2D eigenvalue weighted by atomic mass is 10.2. The van der Waals surface area contributed by atoms with Gasteiger partial charge in [-0.1, -0.05) is 0 Å². The van der Waals surface area contributed by atoms with E-state index in [4.69, 9.17) is 13.9 Å². The van der Waals surface area contributed by atoms with Crippen molar-refractivity contribution in [3.63, 3.8) is 0 Å². The van der Waals surface area contributed by atoms with Crippen molar-refractivity contribution in [3.8, 4) is 11.5 Å². The highest BCUT2D eigenvalue weighted by molar-refractivity contribution is 14.0. The Morgan fingerprint density at radius 1 is 1.24 bits per heavy atom. The Hall–Kier alpha value is -1.94. The van der Waals surface area contributed by atoms with Crippen LogP contribution >= 0.6 is 24.0 Å². The van der Waals surface area contributed by atoms with Gasteiger partial charge >= 0.3 is 0 Å². The molecule has 1 aromatic carbocycles. The average molecular weight is 514 g/mol. The molecule has 0 radical (unpaired) electrons. The Kier molecular flexibility index (Phi) is 9.59. The molecule has 29 heavy (non-hydrogen) atoms. The largest absolute Gasteiger partial charge is 0.497 e. The monoisotopic (exact) mass is 514 g/mol. The summed E-state index contributed by atoms with van der Waals surface area (Å²) in [7, 11) is 5.16. The van der Waals surface area contributed by atoms with Crippen LogP contribution in [0, 0.1) is 0 Å². The molecule has 1 fully saturated rings. The number of nitrogens with zero attached hydrogens (tertiary/aromatic N) is 2. The van der Waals surface area contributed by atoms with E-state index in [1.165, 1.54) is 5.56 Å². The Bertz CT molecular complexity index is 745. The highest BCUT2D eigenvalue weighted by Gasteiger charge is 2.23. The molecule has 1 atom stereocenters. The lowest BCUT2D eigenvalue weighted by molar-refractivity contribution is 0.321. The van der Waals surface area contributed by atoms with Crippen molar-refractivity contribution >= 4 is 29.9 Å². The number of benzene rings is 1.